The van der Waals surface area contributed by atoms with Crippen LogP contribution in [0.1, 0.15) is 5.56 Å². The second-order valence-corrected chi connectivity index (χ2v) is 4.50. The molecule has 0 aliphatic heterocycles. The molecule has 0 atom stereocenters. The van der Waals surface area contributed by atoms with E-state index in [4.69, 9.17) is 0 Å². The van der Waals surface area contributed by atoms with Crippen molar-refractivity contribution in [2.24, 2.45) is 4.99 Å². The second kappa shape index (κ2) is 8.29. The van der Waals surface area contributed by atoms with E-state index in [1.165, 1.54) is 12.1 Å². The summed E-state index contributed by atoms with van der Waals surface area (Å²) in [6, 6.07) is 3.55. The molecule has 3 nitrogen and oxygen atoms in total. The Bertz CT molecular complexity index is 404. The van der Waals surface area contributed by atoms with E-state index < -0.39 is 11.6 Å². The monoisotopic (exact) mass is 383 g/mol. The highest BCUT2D eigenvalue weighted by molar-refractivity contribution is 14.0. The van der Waals surface area contributed by atoms with E-state index in [2.05, 4.69) is 4.99 Å². The molecule has 0 N–H and O–H groups in total. The summed E-state index contributed by atoms with van der Waals surface area (Å²) in [4.78, 5) is 8.19. The molecule has 0 heterocycles. The van der Waals surface area contributed by atoms with Crippen LogP contribution < -0.4 is 0 Å². The fourth-order valence-corrected chi connectivity index (χ4v) is 1.72. The number of guanidine groups is 1. The van der Waals surface area contributed by atoms with Crippen LogP contribution in [0.5, 0.6) is 0 Å². The third kappa shape index (κ3) is 6.17. The molecule has 0 saturated carbocycles. The lowest BCUT2D eigenvalue weighted by Crippen LogP contribution is -2.35. The summed E-state index contributed by atoms with van der Waals surface area (Å²) in [7, 11) is 7.61. The topological polar surface area (TPSA) is 18.8 Å². The first-order chi connectivity index (χ1) is 8.40. The molecule has 0 spiro atoms. The first-order valence-electron chi connectivity index (χ1n) is 5.74. The summed E-state index contributed by atoms with van der Waals surface area (Å²) in [5, 5.41) is 0. The molecule has 19 heavy (non-hydrogen) atoms. The maximum absolute atomic E-state index is 13.0. The lowest BCUT2D eigenvalue weighted by atomic mass is 10.1. The number of halogens is 3. The predicted octanol–water partition coefficient (Wildman–Crippen LogP) is 2.60. The van der Waals surface area contributed by atoms with E-state index in [-0.39, 0.29) is 24.0 Å². The maximum atomic E-state index is 13.0. The van der Waals surface area contributed by atoms with E-state index in [0.29, 0.717) is 18.5 Å². The quantitative estimate of drug-likeness (QED) is 0.454. The van der Waals surface area contributed by atoms with Gasteiger partial charge in [-0.2, -0.15) is 0 Å². The summed E-state index contributed by atoms with van der Waals surface area (Å²) in [5.74, 6) is -0.268. The van der Waals surface area contributed by atoms with E-state index in [1.54, 1.807) is 0 Å². The van der Waals surface area contributed by atoms with Crippen LogP contribution in [0, 0.1) is 11.6 Å². The van der Waals surface area contributed by atoms with Gasteiger partial charge in [0.25, 0.3) is 0 Å². The van der Waals surface area contributed by atoms with Crippen LogP contribution in [0.4, 0.5) is 8.78 Å². The predicted molar refractivity (Wildman–Crippen MR) is 85.2 cm³/mol. The molecule has 108 valence electrons. The van der Waals surface area contributed by atoms with Crippen molar-refractivity contribution < 1.29 is 8.78 Å². The van der Waals surface area contributed by atoms with Gasteiger partial charge in [-0.15, -0.1) is 24.0 Å². The third-order valence-corrected chi connectivity index (χ3v) is 2.38. The van der Waals surface area contributed by atoms with E-state index in [1.807, 2.05) is 38.0 Å². The molecule has 1 rings (SSSR count). The SMILES string of the molecule is CN(C)C(=NCCc1cc(F)cc(F)c1)N(C)C.I. The van der Waals surface area contributed by atoms with Gasteiger partial charge >= 0.3 is 0 Å². The van der Waals surface area contributed by atoms with Gasteiger partial charge in [0.05, 0.1) is 0 Å². The average molecular weight is 383 g/mol. The van der Waals surface area contributed by atoms with Gasteiger partial charge in [0.1, 0.15) is 11.6 Å². The second-order valence-electron chi connectivity index (χ2n) is 4.50. The molecular weight excluding hydrogens is 363 g/mol. The molecule has 0 radical (unpaired) electrons. The Balaban J connectivity index is 0.00000324. The molecular formula is C13H20F2IN3. The number of hydrogen-bond acceptors (Lipinski definition) is 1. The van der Waals surface area contributed by atoms with Crippen molar-refractivity contribution in [2.45, 2.75) is 6.42 Å². The Morgan fingerprint density at radius 1 is 1.00 bits per heavy atom. The lowest BCUT2D eigenvalue weighted by Gasteiger charge is -2.22. The normalized spacial score (nSPS) is 9.58. The van der Waals surface area contributed by atoms with Gasteiger partial charge < -0.3 is 9.80 Å². The smallest absolute Gasteiger partial charge is 0.195 e. The molecule has 0 fully saturated rings. The largest absolute Gasteiger partial charge is 0.349 e. The number of aliphatic imine (C=N–C) groups is 1. The minimum absolute atomic E-state index is 0. The highest BCUT2D eigenvalue weighted by Gasteiger charge is 2.04. The number of hydrogen-bond donors (Lipinski definition) is 0. The highest BCUT2D eigenvalue weighted by atomic mass is 127. The Morgan fingerprint density at radius 2 is 1.47 bits per heavy atom. The number of rotatable bonds is 3. The third-order valence-electron chi connectivity index (χ3n) is 2.38. The zero-order chi connectivity index (χ0) is 13.7. The van der Waals surface area contributed by atoms with Gasteiger partial charge in [-0.05, 0) is 24.1 Å². The van der Waals surface area contributed by atoms with Crippen LogP contribution in [-0.2, 0) is 6.42 Å². The molecule has 0 aromatic heterocycles. The van der Waals surface area contributed by atoms with Crippen LogP contribution in [0.15, 0.2) is 23.2 Å². The summed E-state index contributed by atoms with van der Waals surface area (Å²) < 4.78 is 26.0. The van der Waals surface area contributed by atoms with Crippen molar-refractivity contribution in [1.82, 2.24) is 9.80 Å². The zero-order valence-corrected chi connectivity index (χ0v) is 14.0. The van der Waals surface area contributed by atoms with E-state index in [0.717, 1.165) is 12.0 Å². The van der Waals surface area contributed by atoms with E-state index >= 15 is 0 Å². The lowest BCUT2D eigenvalue weighted by molar-refractivity contribution is 0.479. The van der Waals surface area contributed by atoms with E-state index in [9.17, 15) is 8.78 Å². The zero-order valence-electron chi connectivity index (χ0n) is 11.7. The Hall–Kier alpha value is -0.920. The van der Waals surface area contributed by atoms with Crippen molar-refractivity contribution in [3.05, 3.63) is 35.4 Å². The molecule has 1 aromatic carbocycles. The molecule has 0 aliphatic carbocycles. The van der Waals surface area contributed by atoms with Crippen LogP contribution in [0.2, 0.25) is 0 Å². The van der Waals surface area contributed by atoms with Gasteiger partial charge in [-0.25, -0.2) is 8.78 Å². The van der Waals surface area contributed by atoms with Crippen LogP contribution in [0.3, 0.4) is 0 Å². The Morgan fingerprint density at radius 3 is 1.89 bits per heavy atom. The molecule has 0 amide bonds. The van der Waals surface area contributed by atoms with Crippen molar-refractivity contribution in [1.29, 1.82) is 0 Å². The number of nitrogens with zero attached hydrogens (tertiary/aromatic N) is 3. The van der Waals surface area contributed by atoms with Gasteiger partial charge in [-0.3, -0.25) is 4.99 Å². The minimum atomic E-state index is -0.547. The Kier molecular flexibility index (Phi) is 7.89. The maximum Gasteiger partial charge on any atom is 0.195 e. The van der Waals surface area contributed by atoms with Crippen molar-refractivity contribution in [3.8, 4) is 0 Å². The van der Waals surface area contributed by atoms with Gasteiger partial charge in [0.2, 0.25) is 0 Å². The molecule has 0 bridgehead atoms. The molecule has 0 unspecified atom stereocenters. The standard InChI is InChI=1S/C13H19F2N3.HI/c1-17(2)13(18(3)4)16-6-5-10-7-11(14)9-12(15)8-10;/h7-9H,5-6H2,1-4H3;1H. The summed E-state index contributed by atoms with van der Waals surface area (Å²) in [6.07, 6.45) is 0.514. The van der Waals surface area contributed by atoms with Gasteiger partial charge in [0.15, 0.2) is 5.96 Å². The fourth-order valence-electron chi connectivity index (χ4n) is 1.72. The average Bonchev–Trinajstić information content (AvgIpc) is 2.21. The van der Waals surface area contributed by atoms with Crippen molar-refractivity contribution in [2.75, 3.05) is 34.7 Å². The molecule has 6 heteroatoms. The van der Waals surface area contributed by atoms with Crippen LogP contribution in [-0.4, -0.2) is 50.5 Å². The van der Waals surface area contributed by atoms with Gasteiger partial charge in [-0.1, -0.05) is 0 Å². The number of benzene rings is 1. The summed E-state index contributed by atoms with van der Waals surface area (Å²) in [6.45, 7) is 0.495. The first-order valence-corrected chi connectivity index (χ1v) is 5.74. The minimum Gasteiger partial charge on any atom is -0.349 e. The van der Waals surface area contributed by atoms with Gasteiger partial charge in [0, 0.05) is 40.8 Å². The molecule has 0 saturated heterocycles. The molecule has 0 aliphatic rings. The summed E-state index contributed by atoms with van der Waals surface area (Å²) in [5.41, 5.74) is 0.619. The molecule has 1 aromatic rings. The van der Waals surface area contributed by atoms with Crippen molar-refractivity contribution in [3.63, 3.8) is 0 Å². The van der Waals surface area contributed by atoms with Crippen LogP contribution >= 0.6 is 24.0 Å². The fraction of sp³-hybridized carbons (Fsp3) is 0.462. The van der Waals surface area contributed by atoms with Crippen LogP contribution in [0.25, 0.3) is 0 Å². The van der Waals surface area contributed by atoms with Crippen molar-refractivity contribution >= 4 is 29.9 Å². The Labute approximate surface area is 130 Å². The first kappa shape index (κ1) is 18.1. The summed E-state index contributed by atoms with van der Waals surface area (Å²) >= 11 is 0. The highest BCUT2D eigenvalue weighted by Crippen LogP contribution is 2.08.